The largest absolute Gasteiger partial charge is 0.456 e. The van der Waals surface area contributed by atoms with E-state index >= 15 is 0 Å². The highest BCUT2D eigenvalue weighted by atomic mass is 32.1. The Morgan fingerprint density at radius 1 is 0.280 bits per heavy atom. The van der Waals surface area contributed by atoms with Gasteiger partial charge in [0, 0.05) is 47.6 Å². The number of hydrogen-bond donors (Lipinski definition) is 0. The summed E-state index contributed by atoms with van der Waals surface area (Å²) in [6, 6.07) is 89.8. The Bertz CT molecular complexity index is 4620. The van der Waals surface area contributed by atoms with Crippen LogP contribution in [0.5, 0.6) is 0 Å². The number of thiophene rings is 1. The summed E-state index contributed by atoms with van der Waals surface area (Å²) in [6.07, 6.45) is 0. The van der Waals surface area contributed by atoms with Crippen LogP contribution in [-0.4, -0.2) is 15.0 Å². The van der Waals surface area contributed by atoms with Crippen LogP contribution in [0.3, 0.4) is 0 Å². The van der Waals surface area contributed by atoms with Gasteiger partial charge < -0.3 is 4.42 Å². The monoisotopic (exact) mass is 971 g/mol. The summed E-state index contributed by atoms with van der Waals surface area (Å²) in [5.41, 5.74) is 21.4. The Morgan fingerprint density at radius 3 is 1.52 bits per heavy atom. The van der Waals surface area contributed by atoms with E-state index in [0.29, 0.717) is 17.5 Å². The molecule has 5 heteroatoms. The number of benzene rings is 11. The SMILES string of the molecule is c1ccc(-c2cccc(-c3nc(-c4ccc5c(c4)sc4ccccc45)nc(-c4cccc5oc6ccc(-c7ccc(-c8ccc9c(c8)-c8ccccc8C98c9ccccc9-c9ccccc98)cc7)cc6c45)n3)c2)cc1. The summed E-state index contributed by atoms with van der Waals surface area (Å²) in [7, 11) is 0. The Kier molecular flexibility index (Phi) is 9.09. The van der Waals surface area contributed by atoms with Gasteiger partial charge in [-0.15, -0.1) is 11.3 Å². The van der Waals surface area contributed by atoms with E-state index in [1.807, 2.05) is 18.2 Å². The zero-order chi connectivity index (χ0) is 49.2. The second-order valence-electron chi connectivity index (χ2n) is 19.8. The third kappa shape index (κ3) is 6.32. The third-order valence-electron chi connectivity index (χ3n) is 15.8. The van der Waals surface area contributed by atoms with Crippen LogP contribution in [-0.2, 0) is 5.41 Å². The average Bonchev–Trinajstić information content (AvgIpc) is 4.39. The van der Waals surface area contributed by atoms with Crippen molar-refractivity contribution in [1.29, 1.82) is 0 Å². The van der Waals surface area contributed by atoms with E-state index in [-0.39, 0.29) is 5.41 Å². The van der Waals surface area contributed by atoms with Crippen molar-refractivity contribution in [2.24, 2.45) is 0 Å². The van der Waals surface area contributed by atoms with Crippen molar-refractivity contribution in [2.75, 3.05) is 0 Å². The van der Waals surface area contributed by atoms with E-state index in [0.717, 1.165) is 60.9 Å². The van der Waals surface area contributed by atoms with Gasteiger partial charge in [-0.05, 0) is 120 Å². The summed E-state index contributed by atoms with van der Waals surface area (Å²) in [4.78, 5) is 15.8. The van der Waals surface area contributed by atoms with Crippen molar-refractivity contribution in [2.45, 2.75) is 5.41 Å². The van der Waals surface area contributed by atoms with Crippen molar-refractivity contribution in [3.63, 3.8) is 0 Å². The maximum absolute atomic E-state index is 6.62. The minimum atomic E-state index is -0.352. The Balaban J connectivity index is 0.795. The van der Waals surface area contributed by atoms with Crippen molar-refractivity contribution in [3.8, 4) is 89.8 Å². The highest BCUT2D eigenvalue weighted by Gasteiger charge is 2.51. The van der Waals surface area contributed by atoms with Crippen LogP contribution in [0.15, 0.2) is 253 Å². The molecular weight excluding hydrogens is 931 g/mol. The molecule has 1 spiro atoms. The fraction of sp³-hybridized carbons (Fsp3) is 0.0143. The zero-order valence-electron chi connectivity index (χ0n) is 40.3. The van der Waals surface area contributed by atoms with Gasteiger partial charge in [0.15, 0.2) is 17.5 Å². The molecular formula is C70H41N3OS. The first kappa shape index (κ1) is 42.0. The molecule has 348 valence electrons. The lowest BCUT2D eigenvalue weighted by atomic mass is 9.70. The van der Waals surface area contributed by atoms with Crippen LogP contribution in [0.1, 0.15) is 22.3 Å². The molecule has 0 radical (unpaired) electrons. The molecule has 0 saturated carbocycles. The summed E-state index contributed by atoms with van der Waals surface area (Å²) in [5, 5.41) is 4.46. The van der Waals surface area contributed by atoms with Crippen LogP contribution < -0.4 is 0 Å². The average molecular weight is 972 g/mol. The number of rotatable bonds is 6. The highest BCUT2D eigenvalue weighted by Crippen LogP contribution is 2.63. The van der Waals surface area contributed by atoms with Crippen molar-refractivity contribution < 1.29 is 4.42 Å². The van der Waals surface area contributed by atoms with Gasteiger partial charge >= 0.3 is 0 Å². The lowest BCUT2D eigenvalue weighted by Crippen LogP contribution is -2.25. The Hall–Kier alpha value is -9.55. The molecule has 11 aromatic carbocycles. The normalized spacial score (nSPS) is 12.9. The molecule has 16 rings (SSSR count). The lowest BCUT2D eigenvalue weighted by Gasteiger charge is -2.30. The van der Waals surface area contributed by atoms with Crippen LogP contribution in [0.2, 0.25) is 0 Å². The summed E-state index contributed by atoms with van der Waals surface area (Å²) in [5.74, 6) is 1.81. The molecule has 0 aliphatic heterocycles. The van der Waals surface area contributed by atoms with Crippen molar-refractivity contribution in [3.05, 3.63) is 271 Å². The zero-order valence-corrected chi connectivity index (χ0v) is 41.1. The lowest BCUT2D eigenvalue weighted by molar-refractivity contribution is 0.669. The molecule has 0 bridgehead atoms. The van der Waals surface area contributed by atoms with Gasteiger partial charge in [0.05, 0.1) is 5.41 Å². The molecule has 3 aromatic heterocycles. The number of aromatic nitrogens is 3. The van der Waals surface area contributed by atoms with E-state index in [1.54, 1.807) is 11.3 Å². The molecule has 2 aliphatic rings. The first-order valence-corrected chi connectivity index (χ1v) is 26.3. The van der Waals surface area contributed by atoms with Crippen LogP contribution >= 0.6 is 11.3 Å². The van der Waals surface area contributed by atoms with Gasteiger partial charge in [-0.2, -0.15) is 0 Å². The maximum atomic E-state index is 6.62. The van der Waals surface area contributed by atoms with Crippen molar-refractivity contribution >= 4 is 53.4 Å². The fourth-order valence-electron chi connectivity index (χ4n) is 12.4. The Labute approximate surface area is 436 Å². The molecule has 2 aliphatic carbocycles. The van der Waals surface area contributed by atoms with Crippen LogP contribution in [0.25, 0.3) is 132 Å². The minimum Gasteiger partial charge on any atom is -0.456 e. The number of nitrogens with zero attached hydrogens (tertiary/aromatic N) is 3. The first-order valence-electron chi connectivity index (χ1n) is 25.5. The molecule has 0 saturated heterocycles. The molecule has 3 heterocycles. The highest BCUT2D eigenvalue weighted by molar-refractivity contribution is 7.25. The van der Waals surface area contributed by atoms with E-state index in [9.17, 15) is 0 Å². The summed E-state index contributed by atoms with van der Waals surface area (Å²) >= 11 is 1.79. The first-order chi connectivity index (χ1) is 37.1. The third-order valence-corrected chi connectivity index (χ3v) is 16.9. The van der Waals surface area contributed by atoms with Gasteiger partial charge in [-0.1, -0.05) is 206 Å². The quantitative estimate of drug-likeness (QED) is 0.167. The Morgan fingerprint density at radius 2 is 0.773 bits per heavy atom. The molecule has 14 aromatic rings. The second kappa shape index (κ2) is 16.2. The molecule has 0 atom stereocenters. The van der Waals surface area contributed by atoms with Gasteiger partial charge in [-0.25, -0.2) is 15.0 Å². The van der Waals surface area contributed by atoms with E-state index < -0.39 is 0 Å². The topological polar surface area (TPSA) is 51.8 Å². The molecule has 0 fully saturated rings. The maximum Gasteiger partial charge on any atom is 0.164 e. The molecule has 4 nitrogen and oxygen atoms in total. The second-order valence-corrected chi connectivity index (χ2v) is 20.9. The number of hydrogen-bond acceptors (Lipinski definition) is 5. The van der Waals surface area contributed by atoms with Gasteiger partial charge in [0.2, 0.25) is 0 Å². The smallest absolute Gasteiger partial charge is 0.164 e. The predicted molar refractivity (Wildman–Crippen MR) is 309 cm³/mol. The van der Waals surface area contributed by atoms with E-state index in [2.05, 4.69) is 231 Å². The molecule has 0 amide bonds. The van der Waals surface area contributed by atoms with Crippen LogP contribution in [0, 0.1) is 0 Å². The standard InChI is InChI=1S/C70H41N3OS/c1-2-14-42(15-3-1)45-16-12-17-48(38-45)67-71-68(49-32-35-54-53-21-7-11-27-64(53)75-65(54)41-49)73-69(72-67)55-22-13-26-63-66(55)57-40-47(34-37-62(57)74-63)44-30-28-43(29-31-44)46-33-36-61-56(39-46)52-20-6-10-25-60(52)70(61)58-23-8-4-18-50(58)51-19-5-9-24-59(51)70/h1-41H. The number of fused-ring (bicyclic) bond motifs is 16. The fourth-order valence-corrected chi connectivity index (χ4v) is 13.6. The molecule has 0 unspecified atom stereocenters. The summed E-state index contributed by atoms with van der Waals surface area (Å²) in [6.45, 7) is 0. The van der Waals surface area contributed by atoms with E-state index in [4.69, 9.17) is 19.4 Å². The molecule has 75 heavy (non-hydrogen) atoms. The minimum absolute atomic E-state index is 0.352. The van der Waals surface area contributed by atoms with E-state index in [1.165, 1.54) is 75.8 Å². The van der Waals surface area contributed by atoms with Gasteiger partial charge in [-0.3, -0.25) is 0 Å². The molecule has 0 N–H and O–H groups in total. The summed E-state index contributed by atoms with van der Waals surface area (Å²) < 4.78 is 9.07. The predicted octanol–water partition coefficient (Wildman–Crippen LogP) is 18.5. The van der Waals surface area contributed by atoms with Crippen molar-refractivity contribution in [1.82, 2.24) is 15.0 Å². The number of furan rings is 1. The van der Waals surface area contributed by atoms with Crippen LogP contribution in [0.4, 0.5) is 0 Å². The van der Waals surface area contributed by atoms with Gasteiger partial charge in [0.1, 0.15) is 11.2 Å². The van der Waals surface area contributed by atoms with Gasteiger partial charge in [0.25, 0.3) is 0 Å².